The van der Waals surface area contributed by atoms with Gasteiger partial charge in [0, 0.05) is 28.9 Å². The lowest BCUT2D eigenvalue weighted by Gasteiger charge is -2.10. The molecule has 2 aromatic heterocycles. The minimum absolute atomic E-state index is 0.693. The Bertz CT molecular complexity index is 915. The lowest BCUT2D eigenvalue weighted by atomic mass is 10.1. The van der Waals surface area contributed by atoms with Crippen LogP contribution in [0.2, 0.25) is 0 Å². The summed E-state index contributed by atoms with van der Waals surface area (Å²) >= 11 is 5.02. The van der Waals surface area contributed by atoms with E-state index in [0.29, 0.717) is 11.2 Å². The zero-order valence-electron chi connectivity index (χ0n) is 13.1. The normalized spacial score (nSPS) is 11.5. The second-order valence-electron chi connectivity index (χ2n) is 4.96. The smallest absolute Gasteiger partial charge is 0.190 e. The summed E-state index contributed by atoms with van der Waals surface area (Å²) in [4.78, 5) is 9.90. The number of hydrogen-bond acceptors (Lipinski definition) is 4. The predicted molar refractivity (Wildman–Crippen MR) is 102 cm³/mol. The van der Waals surface area contributed by atoms with Crippen LogP contribution in [0.1, 0.15) is 5.56 Å². The van der Waals surface area contributed by atoms with Gasteiger partial charge in [0.15, 0.2) is 4.80 Å². The van der Waals surface area contributed by atoms with Crippen molar-refractivity contribution in [2.24, 2.45) is 4.99 Å². The van der Waals surface area contributed by atoms with E-state index < -0.39 is 0 Å². The van der Waals surface area contributed by atoms with Crippen molar-refractivity contribution in [3.63, 3.8) is 0 Å². The van der Waals surface area contributed by atoms with Gasteiger partial charge >= 0.3 is 0 Å². The second-order valence-corrected chi connectivity index (χ2v) is 6.34. The van der Waals surface area contributed by atoms with Crippen molar-refractivity contribution in [2.45, 2.75) is 5.45 Å². The van der Waals surface area contributed by atoms with Crippen molar-refractivity contribution in [1.82, 2.24) is 9.55 Å². The van der Waals surface area contributed by atoms with E-state index in [9.17, 15) is 0 Å². The summed E-state index contributed by atoms with van der Waals surface area (Å²) in [6, 6.07) is 11.7. The van der Waals surface area contributed by atoms with Gasteiger partial charge in [0.2, 0.25) is 0 Å². The molecular formula is C18H16BrN3OS. The number of methoxy groups -OCH3 is 1. The van der Waals surface area contributed by atoms with Crippen LogP contribution in [0.25, 0.3) is 17.0 Å². The maximum Gasteiger partial charge on any atom is 0.190 e. The fourth-order valence-corrected chi connectivity index (χ4v) is 3.59. The first-order chi connectivity index (χ1) is 11.7. The first kappa shape index (κ1) is 16.7. The summed E-state index contributed by atoms with van der Waals surface area (Å²) in [6.45, 7) is 4.09. The number of benzene rings is 1. The third-order valence-corrected chi connectivity index (χ3v) is 4.83. The first-order valence-corrected chi connectivity index (χ1v) is 9.26. The maximum absolute atomic E-state index is 5.54. The van der Waals surface area contributed by atoms with Crippen molar-refractivity contribution >= 4 is 33.0 Å². The minimum atomic E-state index is 0.693. The molecule has 24 heavy (non-hydrogen) atoms. The van der Waals surface area contributed by atoms with Gasteiger partial charge in [-0.15, -0.1) is 11.3 Å². The van der Waals surface area contributed by atoms with Crippen molar-refractivity contribution in [3.8, 4) is 17.0 Å². The summed E-state index contributed by atoms with van der Waals surface area (Å²) in [5, 5.41) is 2.00. The van der Waals surface area contributed by atoms with Crippen LogP contribution in [-0.2, 0) is 5.45 Å². The molecule has 0 saturated carbocycles. The lowest BCUT2D eigenvalue weighted by Crippen LogP contribution is -2.11. The van der Waals surface area contributed by atoms with Crippen molar-refractivity contribution in [1.29, 1.82) is 0 Å². The zero-order valence-corrected chi connectivity index (χ0v) is 15.5. The highest BCUT2D eigenvalue weighted by Gasteiger charge is 2.09. The van der Waals surface area contributed by atoms with Crippen LogP contribution in [0.3, 0.4) is 0 Å². The highest BCUT2D eigenvalue weighted by molar-refractivity contribution is 9.08. The van der Waals surface area contributed by atoms with Gasteiger partial charge in [-0.2, -0.15) is 0 Å². The molecule has 0 aliphatic heterocycles. The molecule has 0 aliphatic carbocycles. The van der Waals surface area contributed by atoms with E-state index in [1.54, 1.807) is 24.6 Å². The Hall–Kier alpha value is -2.18. The lowest BCUT2D eigenvalue weighted by molar-refractivity contribution is 0.416. The number of pyridine rings is 1. The van der Waals surface area contributed by atoms with Gasteiger partial charge < -0.3 is 9.30 Å². The quantitative estimate of drug-likeness (QED) is 0.588. The largest absolute Gasteiger partial charge is 0.496 e. The Morgan fingerprint density at radius 1 is 1.38 bits per heavy atom. The number of nitrogens with zero attached hydrogens (tertiary/aromatic N) is 3. The number of rotatable bonds is 5. The number of hydrogen-bond donors (Lipinski definition) is 0. The molecule has 0 amide bonds. The highest BCUT2D eigenvalue weighted by Crippen LogP contribution is 2.31. The Morgan fingerprint density at radius 3 is 2.96 bits per heavy atom. The third-order valence-electron chi connectivity index (χ3n) is 3.49. The van der Waals surface area contributed by atoms with E-state index >= 15 is 0 Å². The Balaban J connectivity index is 1.98. The van der Waals surface area contributed by atoms with Gasteiger partial charge in [-0.1, -0.05) is 34.6 Å². The number of thiazole rings is 1. The Labute approximate surface area is 152 Å². The van der Waals surface area contributed by atoms with E-state index in [-0.39, 0.29) is 0 Å². The molecule has 0 spiro atoms. The SMILES string of the molecule is C=C(N=c1sccn1CBr)c1ccc(-c2ccccn2)c(OC)c1. The number of aromatic nitrogens is 2. The second kappa shape index (κ2) is 7.59. The summed E-state index contributed by atoms with van der Waals surface area (Å²) in [6.07, 6.45) is 3.75. The van der Waals surface area contributed by atoms with E-state index in [0.717, 1.165) is 27.4 Å². The Morgan fingerprint density at radius 2 is 2.25 bits per heavy atom. The standard InChI is InChI=1S/C18H16BrN3OS/c1-13(21-18-22(12-19)9-10-24-18)14-6-7-15(17(11-14)23-2)16-5-3-4-8-20-16/h3-11H,1,12H2,2H3. The molecule has 0 aliphatic rings. The monoisotopic (exact) mass is 401 g/mol. The molecule has 3 rings (SSSR count). The maximum atomic E-state index is 5.54. The molecule has 3 aromatic rings. The van der Waals surface area contributed by atoms with Gasteiger partial charge in [-0.3, -0.25) is 4.98 Å². The van der Waals surface area contributed by atoms with E-state index in [1.807, 2.05) is 52.5 Å². The molecule has 2 heterocycles. The highest BCUT2D eigenvalue weighted by atomic mass is 79.9. The summed E-state index contributed by atoms with van der Waals surface area (Å²) in [5.41, 5.74) is 4.13. The molecule has 0 bridgehead atoms. The van der Waals surface area contributed by atoms with Crippen LogP contribution in [0, 0.1) is 0 Å². The third kappa shape index (κ3) is 3.49. The van der Waals surface area contributed by atoms with Crippen LogP contribution in [0.5, 0.6) is 5.75 Å². The van der Waals surface area contributed by atoms with Crippen molar-refractivity contribution < 1.29 is 4.74 Å². The summed E-state index contributed by atoms with van der Waals surface area (Å²) < 4.78 is 7.55. The fraction of sp³-hybridized carbons (Fsp3) is 0.111. The predicted octanol–water partition coefficient (Wildman–Crippen LogP) is 4.54. The number of halogens is 1. The summed E-state index contributed by atoms with van der Waals surface area (Å²) in [5.74, 6) is 0.752. The Kier molecular flexibility index (Phi) is 5.27. The molecule has 0 saturated heterocycles. The molecule has 0 radical (unpaired) electrons. The van der Waals surface area contributed by atoms with Crippen LogP contribution in [0.15, 0.2) is 65.7 Å². The molecule has 1 aromatic carbocycles. The first-order valence-electron chi connectivity index (χ1n) is 7.26. The van der Waals surface area contributed by atoms with E-state index in [2.05, 4.69) is 32.5 Å². The van der Waals surface area contributed by atoms with Crippen LogP contribution in [0.4, 0.5) is 0 Å². The average Bonchev–Trinajstić information content (AvgIpc) is 3.09. The van der Waals surface area contributed by atoms with Gasteiger partial charge in [0.1, 0.15) is 5.75 Å². The van der Waals surface area contributed by atoms with Crippen molar-refractivity contribution in [2.75, 3.05) is 7.11 Å². The molecule has 4 nitrogen and oxygen atoms in total. The zero-order chi connectivity index (χ0) is 16.9. The van der Waals surface area contributed by atoms with Gasteiger partial charge in [-0.05, 0) is 24.3 Å². The molecule has 0 atom stereocenters. The minimum Gasteiger partial charge on any atom is -0.496 e. The molecular weight excluding hydrogens is 386 g/mol. The molecule has 0 unspecified atom stereocenters. The van der Waals surface area contributed by atoms with E-state index in [4.69, 9.17) is 4.74 Å². The molecule has 0 N–H and O–H groups in total. The molecule has 122 valence electrons. The van der Waals surface area contributed by atoms with Gasteiger partial charge in [0.05, 0.1) is 24.0 Å². The van der Waals surface area contributed by atoms with Crippen LogP contribution >= 0.6 is 27.3 Å². The molecule has 6 heteroatoms. The van der Waals surface area contributed by atoms with Crippen LogP contribution in [-0.4, -0.2) is 16.7 Å². The van der Waals surface area contributed by atoms with Gasteiger partial charge in [-0.25, -0.2) is 4.99 Å². The molecule has 0 fully saturated rings. The van der Waals surface area contributed by atoms with Gasteiger partial charge in [0.25, 0.3) is 0 Å². The topological polar surface area (TPSA) is 39.4 Å². The number of alkyl halides is 1. The van der Waals surface area contributed by atoms with Crippen LogP contribution < -0.4 is 9.54 Å². The fourth-order valence-electron chi connectivity index (χ4n) is 2.26. The number of ether oxygens (including phenoxy) is 1. The van der Waals surface area contributed by atoms with E-state index in [1.165, 1.54) is 0 Å². The summed E-state index contributed by atoms with van der Waals surface area (Å²) in [7, 11) is 1.66. The average molecular weight is 402 g/mol. The van der Waals surface area contributed by atoms with Crippen molar-refractivity contribution in [3.05, 3.63) is 71.1 Å².